The summed E-state index contributed by atoms with van der Waals surface area (Å²) >= 11 is 0. The molecule has 1 aromatic heterocycles. The molecule has 0 aliphatic heterocycles. The third-order valence-electron chi connectivity index (χ3n) is 4.17. The van der Waals surface area contributed by atoms with E-state index in [4.69, 9.17) is 0 Å². The van der Waals surface area contributed by atoms with Crippen LogP contribution in [0.25, 0.3) is 10.9 Å². The van der Waals surface area contributed by atoms with E-state index in [0.717, 1.165) is 11.9 Å². The molecule has 0 bridgehead atoms. The Bertz CT molecular complexity index is 698. The predicted molar refractivity (Wildman–Crippen MR) is 89.5 cm³/mol. The lowest BCUT2D eigenvalue weighted by atomic mass is 9.94. The Morgan fingerprint density at radius 3 is 2.57 bits per heavy atom. The zero-order valence-electron chi connectivity index (χ0n) is 12.5. The van der Waals surface area contributed by atoms with Gasteiger partial charge in [-0.15, -0.1) is 0 Å². The Kier molecular flexibility index (Phi) is 4.30. The summed E-state index contributed by atoms with van der Waals surface area (Å²) in [5.74, 6) is 0.620. The fourth-order valence-electron chi connectivity index (χ4n) is 2.92. The molecule has 1 atom stereocenters. The van der Waals surface area contributed by atoms with Crippen LogP contribution >= 0.6 is 0 Å². The maximum Gasteiger partial charge on any atom is 0.0733 e. The SMILES string of the molecule is CC(CCCc1cccc2cccnc12)c1ccccc1. The molecule has 0 saturated carbocycles. The van der Waals surface area contributed by atoms with Crippen LogP contribution in [0.1, 0.15) is 36.8 Å². The van der Waals surface area contributed by atoms with Gasteiger partial charge < -0.3 is 0 Å². The summed E-state index contributed by atoms with van der Waals surface area (Å²) in [5.41, 5.74) is 3.97. The number of hydrogen-bond acceptors (Lipinski definition) is 1. The van der Waals surface area contributed by atoms with Gasteiger partial charge in [-0.25, -0.2) is 0 Å². The minimum atomic E-state index is 0.620. The molecule has 1 nitrogen and oxygen atoms in total. The summed E-state index contributed by atoms with van der Waals surface area (Å²) in [6.07, 6.45) is 5.41. The quantitative estimate of drug-likeness (QED) is 0.610. The largest absolute Gasteiger partial charge is 0.256 e. The van der Waals surface area contributed by atoms with Crippen molar-refractivity contribution in [3.8, 4) is 0 Å². The van der Waals surface area contributed by atoms with Gasteiger partial charge in [0, 0.05) is 11.6 Å². The normalized spacial score (nSPS) is 12.4. The summed E-state index contributed by atoms with van der Waals surface area (Å²) in [7, 11) is 0. The van der Waals surface area contributed by atoms with Gasteiger partial charge in [-0.05, 0) is 42.4 Å². The van der Waals surface area contributed by atoms with Crippen LogP contribution in [0.4, 0.5) is 0 Å². The second kappa shape index (κ2) is 6.53. The number of benzene rings is 2. The molecule has 0 N–H and O–H groups in total. The van der Waals surface area contributed by atoms with E-state index in [1.807, 2.05) is 12.3 Å². The van der Waals surface area contributed by atoms with Gasteiger partial charge >= 0.3 is 0 Å². The van der Waals surface area contributed by atoms with Gasteiger partial charge in [0.25, 0.3) is 0 Å². The highest BCUT2D eigenvalue weighted by Crippen LogP contribution is 2.23. The molecule has 0 amide bonds. The fourth-order valence-corrected chi connectivity index (χ4v) is 2.92. The van der Waals surface area contributed by atoms with Crippen molar-refractivity contribution in [2.75, 3.05) is 0 Å². The van der Waals surface area contributed by atoms with Gasteiger partial charge in [-0.2, -0.15) is 0 Å². The van der Waals surface area contributed by atoms with Crippen molar-refractivity contribution in [3.63, 3.8) is 0 Å². The molecule has 0 saturated heterocycles. The number of nitrogens with zero attached hydrogens (tertiary/aromatic N) is 1. The van der Waals surface area contributed by atoms with Crippen molar-refractivity contribution >= 4 is 10.9 Å². The van der Waals surface area contributed by atoms with Gasteiger partial charge in [-0.1, -0.05) is 61.5 Å². The molecular formula is C20H21N. The highest BCUT2D eigenvalue weighted by Gasteiger charge is 2.06. The average Bonchev–Trinajstić information content (AvgIpc) is 2.56. The van der Waals surface area contributed by atoms with Crippen LogP contribution < -0.4 is 0 Å². The number of para-hydroxylation sites is 1. The lowest BCUT2D eigenvalue weighted by Crippen LogP contribution is -1.96. The summed E-state index contributed by atoms with van der Waals surface area (Å²) in [5, 5.41) is 1.24. The van der Waals surface area contributed by atoms with E-state index >= 15 is 0 Å². The van der Waals surface area contributed by atoms with Crippen molar-refractivity contribution in [1.82, 2.24) is 4.98 Å². The van der Waals surface area contributed by atoms with E-state index in [2.05, 4.69) is 66.5 Å². The second-order valence-corrected chi connectivity index (χ2v) is 5.70. The van der Waals surface area contributed by atoms with Crippen molar-refractivity contribution in [2.45, 2.75) is 32.1 Å². The summed E-state index contributed by atoms with van der Waals surface area (Å²) in [4.78, 5) is 4.54. The van der Waals surface area contributed by atoms with E-state index < -0.39 is 0 Å². The maximum atomic E-state index is 4.54. The highest BCUT2D eigenvalue weighted by atomic mass is 14.6. The molecule has 3 rings (SSSR count). The smallest absolute Gasteiger partial charge is 0.0733 e. The van der Waals surface area contributed by atoms with E-state index in [1.165, 1.54) is 29.4 Å². The second-order valence-electron chi connectivity index (χ2n) is 5.70. The van der Waals surface area contributed by atoms with Gasteiger partial charge in [-0.3, -0.25) is 4.98 Å². The lowest BCUT2D eigenvalue weighted by molar-refractivity contribution is 0.634. The molecule has 2 aromatic carbocycles. The molecule has 106 valence electrons. The Balaban J connectivity index is 1.65. The van der Waals surface area contributed by atoms with E-state index in [9.17, 15) is 0 Å². The molecule has 0 fully saturated rings. The number of pyridine rings is 1. The third-order valence-corrected chi connectivity index (χ3v) is 4.17. The minimum Gasteiger partial charge on any atom is -0.256 e. The molecule has 1 unspecified atom stereocenters. The Morgan fingerprint density at radius 1 is 0.905 bits per heavy atom. The number of rotatable bonds is 5. The van der Waals surface area contributed by atoms with E-state index in [-0.39, 0.29) is 0 Å². The molecule has 3 aromatic rings. The van der Waals surface area contributed by atoms with Crippen molar-refractivity contribution in [2.24, 2.45) is 0 Å². The van der Waals surface area contributed by atoms with Crippen LogP contribution in [0.2, 0.25) is 0 Å². The zero-order chi connectivity index (χ0) is 14.5. The molecule has 0 aliphatic rings. The fraction of sp³-hybridized carbons (Fsp3) is 0.250. The Hall–Kier alpha value is -2.15. The average molecular weight is 275 g/mol. The Morgan fingerprint density at radius 2 is 1.71 bits per heavy atom. The zero-order valence-corrected chi connectivity index (χ0v) is 12.5. The first-order chi connectivity index (χ1) is 10.3. The lowest BCUT2D eigenvalue weighted by Gasteiger charge is -2.12. The first kappa shape index (κ1) is 13.8. The number of hydrogen-bond donors (Lipinski definition) is 0. The molecule has 0 spiro atoms. The van der Waals surface area contributed by atoms with Crippen molar-refractivity contribution in [3.05, 3.63) is 78.0 Å². The number of aryl methyl sites for hydroxylation is 1. The standard InChI is InChI=1S/C20H21N/c1-16(17-9-3-2-4-10-17)8-5-11-18-12-6-13-19-14-7-15-21-20(18)19/h2-4,6-7,9-10,12-16H,5,8,11H2,1H3. The topological polar surface area (TPSA) is 12.9 Å². The van der Waals surface area contributed by atoms with Crippen molar-refractivity contribution in [1.29, 1.82) is 0 Å². The van der Waals surface area contributed by atoms with Crippen LogP contribution in [-0.2, 0) is 6.42 Å². The van der Waals surface area contributed by atoms with Gasteiger partial charge in [0.2, 0.25) is 0 Å². The number of fused-ring (bicyclic) bond motifs is 1. The first-order valence-corrected chi connectivity index (χ1v) is 7.72. The van der Waals surface area contributed by atoms with Gasteiger partial charge in [0.05, 0.1) is 5.52 Å². The van der Waals surface area contributed by atoms with Gasteiger partial charge in [0.1, 0.15) is 0 Å². The minimum absolute atomic E-state index is 0.620. The monoisotopic (exact) mass is 275 g/mol. The van der Waals surface area contributed by atoms with E-state index in [0.29, 0.717) is 5.92 Å². The molecular weight excluding hydrogens is 254 g/mol. The predicted octanol–water partition coefficient (Wildman–Crippen LogP) is 5.36. The molecule has 1 heteroatoms. The third kappa shape index (κ3) is 3.30. The van der Waals surface area contributed by atoms with Crippen LogP contribution in [0, 0.1) is 0 Å². The van der Waals surface area contributed by atoms with Crippen molar-refractivity contribution < 1.29 is 0 Å². The summed E-state index contributed by atoms with van der Waals surface area (Å²) in [6, 6.07) is 21.4. The summed E-state index contributed by atoms with van der Waals surface area (Å²) < 4.78 is 0. The van der Waals surface area contributed by atoms with Gasteiger partial charge in [0.15, 0.2) is 0 Å². The molecule has 0 aliphatic carbocycles. The van der Waals surface area contributed by atoms with Crippen LogP contribution in [0.3, 0.4) is 0 Å². The molecule has 1 heterocycles. The van der Waals surface area contributed by atoms with Crippen LogP contribution in [0.5, 0.6) is 0 Å². The maximum absolute atomic E-state index is 4.54. The number of aromatic nitrogens is 1. The first-order valence-electron chi connectivity index (χ1n) is 7.72. The Labute approximate surface area is 126 Å². The molecule has 21 heavy (non-hydrogen) atoms. The van der Waals surface area contributed by atoms with Crippen LogP contribution in [0.15, 0.2) is 66.9 Å². The van der Waals surface area contributed by atoms with Crippen LogP contribution in [-0.4, -0.2) is 4.98 Å². The summed E-state index contributed by atoms with van der Waals surface area (Å²) in [6.45, 7) is 2.32. The molecule has 0 radical (unpaired) electrons. The van der Waals surface area contributed by atoms with E-state index in [1.54, 1.807) is 0 Å². The highest BCUT2D eigenvalue weighted by molar-refractivity contribution is 5.81.